The van der Waals surface area contributed by atoms with Crippen molar-refractivity contribution in [2.75, 3.05) is 27.4 Å². The predicted octanol–water partition coefficient (Wildman–Crippen LogP) is 3.99. The number of hydrogen-bond acceptors (Lipinski definition) is 4. The lowest BCUT2D eigenvalue weighted by molar-refractivity contribution is -0.151. The summed E-state index contributed by atoms with van der Waals surface area (Å²) in [7, 11) is 3.48. The Morgan fingerprint density at radius 2 is 1.88 bits per heavy atom. The van der Waals surface area contributed by atoms with Gasteiger partial charge in [-0.2, -0.15) is 0 Å². The lowest BCUT2D eigenvalue weighted by Crippen LogP contribution is -2.53. The SMILES string of the molecule is COCCOC12CC3CC(C1)C(=C(OC)c1cccc(O)c1)C(C3)C2. The van der Waals surface area contributed by atoms with Crippen LogP contribution < -0.4 is 0 Å². The smallest absolute Gasteiger partial charge is 0.125 e. The first-order valence-corrected chi connectivity index (χ1v) is 9.34. The van der Waals surface area contributed by atoms with Gasteiger partial charge in [-0.1, -0.05) is 12.1 Å². The highest BCUT2D eigenvalue weighted by Crippen LogP contribution is 2.60. The van der Waals surface area contributed by atoms with E-state index >= 15 is 0 Å². The van der Waals surface area contributed by atoms with Crippen molar-refractivity contribution in [3.8, 4) is 5.75 Å². The van der Waals surface area contributed by atoms with Gasteiger partial charge in [-0.25, -0.2) is 0 Å². The summed E-state index contributed by atoms with van der Waals surface area (Å²) >= 11 is 0. The van der Waals surface area contributed by atoms with Crippen LogP contribution in [0.25, 0.3) is 5.76 Å². The van der Waals surface area contributed by atoms with E-state index in [0.29, 0.717) is 25.0 Å². The molecule has 2 unspecified atom stereocenters. The average molecular weight is 344 g/mol. The first-order valence-electron chi connectivity index (χ1n) is 9.34. The Balaban J connectivity index is 1.65. The van der Waals surface area contributed by atoms with Crippen molar-refractivity contribution in [3.05, 3.63) is 35.4 Å². The van der Waals surface area contributed by atoms with Gasteiger partial charge in [-0.3, -0.25) is 0 Å². The Morgan fingerprint density at radius 3 is 2.52 bits per heavy atom. The largest absolute Gasteiger partial charge is 0.508 e. The van der Waals surface area contributed by atoms with Crippen LogP contribution in [0, 0.1) is 17.8 Å². The number of aromatic hydroxyl groups is 1. The molecule has 4 heteroatoms. The van der Waals surface area contributed by atoms with Gasteiger partial charge in [0.25, 0.3) is 0 Å². The quantitative estimate of drug-likeness (QED) is 0.626. The maximum Gasteiger partial charge on any atom is 0.125 e. The van der Waals surface area contributed by atoms with Crippen LogP contribution in [0.3, 0.4) is 0 Å². The molecule has 4 saturated carbocycles. The third kappa shape index (κ3) is 3.06. The summed E-state index contributed by atoms with van der Waals surface area (Å²) in [5.41, 5.74) is 2.48. The number of benzene rings is 1. The van der Waals surface area contributed by atoms with Crippen molar-refractivity contribution in [2.24, 2.45) is 17.8 Å². The molecule has 4 aliphatic carbocycles. The van der Waals surface area contributed by atoms with Crippen molar-refractivity contribution in [2.45, 2.75) is 37.7 Å². The number of methoxy groups -OCH3 is 2. The Hall–Kier alpha value is -1.52. The number of hydrogen-bond donors (Lipinski definition) is 1. The van der Waals surface area contributed by atoms with Gasteiger partial charge in [0, 0.05) is 12.7 Å². The summed E-state index contributed by atoms with van der Waals surface area (Å²) in [6, 6.07) is 7.43. The second-order valence-electron chi connectivity index (χ2n) is 7.91. The minimum absolute atomic E-state index is 0.0379. The van der Waals surface area contributed by atoms with Gasteiger partial charge >= 0.3 is 0 Å². The van der Waals surface area contributed by atoms with Crippen molar-refractivity contribution in [1.29, 1.82) is 0 Å². The van der Waals surface area contributed by atoms with Gasteiger partial charge in [0.2, 0.25) is 0 Å². The van der Waals surface area contributed by atoms with Crippen molar-refractivity contribution in [3.63, 3.8) is 0 Å². The van der Waals surface area contributed by atoms with E-state index in [4.69, 9.17) is 14.2 Å². The fourth-order valence-electron chi connectivity index (χ4n) is 5.65. The average Bonchev–Trinajstić information content (AvgIpc) is 2.57. The molecule has 4 fully saturated rings. The molecule has 0 radical (unpaired) electrons. The molecular formula is C21H28O4. The van der Waals surface area contributed by atoms with E-state index in [0.717, 1.165) is 30.1 Å². The third-order valence-electron chi connectivity index (χ3n) is 6.28. The van der Waals surface area contributed by atoms with Crippen molar-refractivity contribution < 1.29 is 19.3 Å². The first kappa shape index (κ1) is 16.9. The summed E-state index contributed by atoms with van der Waals surface area (Å²) in [5.74, 6) is 3.09. The molecule has 4 aliphatic rings. The standard InChI is InChI=1S/C21H28O4/c1-23-6-7-25-21-11-14-8-16(12-21)19(17(9-14)13-21)20(24-2)15-4-3-5-18(22)10-15/h3-5,10,14,16-17,22H,6-9,11-13H2,1-2H3. The Labute approximate surface area is 149 Å². The van der Waals surface area contributed by atoms with Crippen LogP contribution in [0.2, 0.25) is 0 Å². The molecule has 0 heterocycles. The van der Waals surface area contributed by atoms with Gasteiger partial charge < -0.3 is 19.3 Å². The van der Waals surface area contributed by atoms with Crippen LogP contribution in [0.5, 0.6) is 5.75 Å². The van der Waals surface area contributed by atoms with Crippen LogP contribution in [0.1, 0.15) is 37.7 Å². The van der Waals surface area contributed by atoms with Crippen molar-refractivity contribution in [1.82, 2.24) is 0 Å². The zero-order valence-corrected chi connectivity index (χ0v) is 15.2. The highest BCUT2D eigenvalue weighted by atomic mass is 16.5. The monoisotopic (exact) mass is 344 g/mol. The van der Waals surface area contributed by atoms with E-state index in [2.05, 4.69) is 0 Å². The minimum Gasteiger partial charge on any atom is -0.508 e. The number of phenolic OH excluding ortho intramolecular Hbond substituents is 1. The number of ether oxygens (including phenoxy) is 3. The number of allylic oxidation sites excluding steroid dienone is 1. The molecule has 4 nitrogen and oxygen atoms in total. The first-order chi connectivity index (χ1) is 12.1. The maximum absolute atomic E-state index is 9.86. The number of phenols is 1. The molecule has 0 spiro atoms. The minimum atomic E-state index is 0.0379. The molecule has 1 aromatic carbocycles. The van der Waals surface area contributed by atoms with Gasteiger partial charge in [0.05, 0.1) is 25.9 Å². The highest BCUT2D eigenvalue weighted by molar-refractivity contribution is 5.66. The van der Waals surface area contributed by atoms with E-state index in [9.17, 15) is 5.11 Å². The lowest BCUT2D eigenvalue weighted by atomic mass is 9.52. The molecule has 136 valence electrons. The topological polar surface area (TPSA) is 47.9 Å². The number of rotatable bonds is 6. The van der Waals surface area contributed by atoms with Crippen molar-refractivity contribution >= 4 is 5.76 Å². The summed E-state index contributed by atoms with van der Waals surface area (Å²) in [5, 5.41) is 9.86. The summed E-state index contributed by atoms with van der Waals surface area (Å²) in [6.45, 7) is 1.35. The lowest BCUT2D eigenvalue weighted by Gasteiger charge is -2.57. The van der Waals surface area contributed by atoms with Crippen LogP contribution in [0.15, 0.2) is 29.8 Å². The molecule has 2 atom stereocenters. The molecule has 5 rings (SSSR count). The Morgan fingerprint density at radius 1 is 1.12 bits per heavy atom. The molecule has 0 aromatic heterocycles. The Bertz CT molecular complexity index is 648. The van der Waals surface area contributed by atoms with Gasteiger partial charge in [0.15, 0.2) is 0 Å². The Kier molecular flexibility index (Phi) is 4.50. The molecule has 0 amide bonds. The molecule has 0 aliphatic heterocycles. The molecule has 4 bridgehead atoms. The second kappa shape index (κ2) is 6.65. The van der Waals surface area contributed by atoms with E-state index in [-0.39, 0.29) is 11.4 Å². The molecule has 1 aromatic rings. The van der Waals surface area contributed by atoms with Crippen LogP contribution in [-0.2, 0) is 14.2 Å². The van der Waals surface area contributed by atoms with Crippen LogP contribution in [0.4, 0.5) is 0 Å². The summed E-state index contributed by atoms with van der Waals surface area (Å²) in [6.07, 6.45) is 5.86. The van der Waals surface area contributed by atoms with Crippen LogP contribution in [-0.4, -0.2) is 38.1 Å². The highest BCUT2D eigenvalue weighted by Gasteiger charge is 2.54. The molecular weight excluding hydrogens is 316 g/mol. The van der Waals surface area contributed by atoms with E-state index in [1.54, 1.807) is 20.3 Å². The molecule has 25 heavy (non-hydrogen) atoms. The summed E-state index contributed by atoms with van der Waals surface area (Å²) < 4.78 is 17.4. The van der Waals surface area contributed by atoms with E-state index in [1.165, 1.54) is 24.8 Å². The van der Waals surface area contributed by atoms with E-state index in [1.807, 2.05) is 18.2 Å². The van der Waals surface area contributed by atoms with Gasteiger partial charge in [-0.15, -0.1) is 0 Å². The molecule has 0 saturated heterocycles. The molecule has 1 N–H and O–H groups in total. The second-order valence-corrected chi connectivity index (χ2v) is 7.91. The predicted molar refractivity (Wildman–Crippen MR) is 96.1 cm³/mol. The summed E-state index contributed by atoms with van der Waals surface area (Å²) in [4.78, 5) is 0. The normalized spacial score (nSPS) is 32.9. The fourth-order valence-corrected chi connectivity index (χ4v) is 5.65. The zero-order valence-electron chi connectivity index (χ0n) is 15.2. The maximum atomic E-state index is 9.86. The van der Waals surface area contributed by atoms with Gasteiger partial charge in [-0.05, 0) is 67.6 Å². The third-order valence-corrected chi connectivity index (χ3v) is 6.28. The zero-order chi connectivity index (χ0) is 17.4. The van der Waals surface area contributed by atoms with E-state index < -0.39 is 0 Å². The fraction of sp³-hybridized carbons (Fsp3) is 0.619. The van der Waals surface area contributed by atoms with Crippen LogP contribution >= 0.6 is 0 Å². The van der Waals surface area contributed by atoms with Gasteiger partial charge in [0.1, 0.15) is 11.5 Å².